The lowest BCUT2D eigenvalue weighted by atomic mass is 9.90. The Labute approximate surface area is 89.8 Å². The van der Waals surface area contributed by atoms with Crippen LogP contribution in [0.1, 0.15) is 66.2 Å². The summed E-state index contributed by atoms with van der Waals surface area (Å²) in [6.45, 7) is 9.28. The second kappa shape index (κ2) is 5.00. The van der Waals surface area contributed by atoms with Gasteiger partial charge in [0, 0.05) is 0 Å². The molecule has 0 aromatic carbocycles. The van der Waals surface area contributed by atoms with Crippen molar-refractivity contribution in [3.63, 3.8) is 0 Å². The summed E-state index contributed by atoms with van der Waals surface area (Å²) in [7, 11) is 0. The van der Waals surface area contributed by atoms with Crippen LogP contribution in [0, 0.1) is 11.3 Å². The number of hydrogen-bond donors (Lipinski definition) is 0. The summed E-state index contributed by atoms with van der Waals surface area (Å²) >= 11 is 0. The topological polar surface area (TPSA) is 0 Å². The number of hydrogen-bond acceptors (Lipinski definition) is 0. The molecule has 82 valence electrons. The maximum atomic E-state index is 2.50. The minimum atomic E-state index is 0.495. The molecule has 0 aromatic heterocycles. The molecule has 0 bridgehead atoms. The summed E-state index contributed by atoms with van der Waals surface area (Å²) in [5, 5.41) is 0. The summed E-state index contributed by atoms with van der Waals surface area (Å²) in [5.41, 5.74) is 2.20. The Kier molecular flexibility index (Phi) is 4.22. The first-order valence-electron chi connectivity index (χ1n) is 6.19. The fraction of sp³-hybridized carbons (Fsp3) is 0.857. The van der Waals surface area contributed by atoms with Gasteiger partial charge in [0.15, 0.2) is 0 Å². The molecular weight excluding hydrogens is 168 g/mol. The van der Waals surface area contributed by atoms with E-state index in [9.17, 15) is 0 Å². The van der Waals surface area contributed by atoms with Gasteiger partial charge in [-0.15, -0.1) is 0 Å². The second-order valence-electron chi connectivity index (χ2n) is 5.96. The van der Waals surface area contributed by atoms with Gasteiger partial charge >= 0.3 is 0 Å². The van der Waals surface area contributed by atoms with Crippen molar-refractivity contribution >= 4 is 0 Å². The van der Waals surface area contributed by atoms with E-state index in [2.05, 4.69) is 33.8 Å². The second-order valence-corrected chi connectivity index (χ2v) is 5.96. The first kappa shape index (κ1) is 11.8. The molecule has 1 rings (SSSR count). The van der Waals surface area contributed by atoms with Crippen molar-refractivity contribution in [2.45, 2.75) is 66.2 Å². The van der Waals surface area contributed by atoms with Gasteiger partial charge in [-0.1, -0.05) is 39.3 Å². The van der Waals surface area contributed by atoms with Crippen molar-refractivity contribution < 1.29 is 0 Å². The maximum Gasteiger partial charge on any atom is -0.0292 e. The van der Waals surface area contributed by atoms with Crippen molar-refractivity contribution in [1.82, 2.24) is 0 Å². The summed E-state index contributed by atoms with van der Waals surface area (Å²) in [6.07, 6.45) is 10.7. The van der Waals surface area contributed by atoms with E-state index < -0.39 is 0 Å². The molecule has 0 heterocycles. The number of allylic oxidation sites excluding steroid dienone is 2. The van der Waals surface area contributed by atoms with Crippen LogP contribution in [0.2, 0.25) is 0 Å². The molecule has 1 fully saturated rings. The zero-order valence-electron chi connectivity index (χ0n) is 10.4. The largest absolute Gasteiger partial charge is 0.0853 e. The van der Waals surface area contributed by atoms with Crippen LogP contribution >= 0.6 is 0 Å². The average Bonchev–Trinajstić information content (AvgIpc) is 2.84. The van der Waals surface area contributed by atoms with Gasteiger partial charge in [-0.2, -0.15) is 0 Å². The van der Waals surface area contributed by atoms with E-state index in [1.807, 2.05) is 0 Å². The van der Waals surface area contributed by atoms with Crippen LogP contribution in [0.3, 0.4) is 0 Å². The first-order valence-corrected chi connectivity index (χ1v) is 6.19. The molecule has 1 saturated carbocycles. The predicted octanol–water partition coefficient (Wildman–Crippen LogP) is 4.95. The first-order chi connectivity index (χ1) is 6.51. The van der Waals surface area contributed by atoms with Gasteiger partial charge in [0.25, 0.3) is 0 Å². The molecule has 0 atom stereocenters. The number of rotatable bonds is 5. The van der Waals surface area contributed by atoms with E-state index in [1.54, 1.807) is 5.57 Å². The van der Waals surface area contributed by atoms with Crippen LogP contribution < -0.4 is 0 Å². The van der Waals surface area contributed by atoms with Crippen LogP contribution in [0.4, 0.5) is 0 Å². The van der Waals surface area contributed by atoms with Crippen LogP contribution in [-0.4, -0.2) is 0 Å². The zero-order chi connectivity index (χ0) is 10.6. The smallest absolute Gasteiger partial charge is 0.0292 e. The van der Waals surface area contributed by atoms with Crippen LogP contribution in [0.15, 0.2) is 11.6 Å². The lowest BCUT2D eigenvalue weighted by molar-refractivity contribution is 0.381. The van der Waals surface area contributed by atoms with E-state index in [-0.39, 0.29) is 0 Å². The van der Waals surface area contributed by atoms with Crippen molar-refractivity contribution in [3.05, 3.63) is 11.6 Å². The highest BCUT2D eigenvalue weighted by Crippen LogP contribution is 2.36. The maximum absolute atomic E-state index is 2.50. The van der Waals surface area contributed by atoms with Gasteiger partial charge in [0.1, 0.15) is 0 Å². The Balaban J connectivity index is 2.24. The van der Waals surface area contributed by atoms with Gasteiger partial charge < -0.3 is 0 Å². The Morgan fingerprint density at radius 1 is 1.29 bits per heavy atom. The van der Waals surface area contributed by atoms with Gasteiger partial charge in [-0.05, 0) is 49.9 Å². The SMILES string of the molecule is CCC(=CCCC(C)(C)C)CC1CC1. The minimum Gasteiger partial charge on any atom is -0.0853 e. The van der Waals surface area contributed by atoms with E-state index in [4.69, 9.17) is 0 Å². The highest BCUT2D eigenvalue weighted by molar-refractivity contribution is 5.04. The Morgan fingerprint density at radius 3 is 2.36 bits per heavy atom. The summed E-state index contributed by atoms with van der Waals surface area (Å²) in [5.74, 6) is 1.05. The molecule has 14 heavy (non-hydrogen) atoms. The Bertz CT molecular complexity index is 189. The predicted molar refractivity (Wildman–Crippen MR) is 64.4 cm³/mol. The normalized spacial score (nSPS) is 18.7. The lowest BCUT2D eigenvalue weighted by Crippen LogP contribution is -2.03. The molecule has 0 N–H and O–H groups in total. The van der Waals surface area contributed by atoms with Gasteiger partial charge in [-0.25, -0.2) is 0 Å². The third-order valence-electron chi connectivity index (χ3n) is 3.03. The highest BCUT2D eigenvalue weighted by atomic mass is 14.3. The fourth-order valence-electron chi connectivity index (χ4n) is 1.77. The van der Waals surface area contributed by atoms with Gasteiger partial charge in [0.2, 0.25) is 0 Å². The van der Waals surface area contributed by atoms with Crippen molar-refractivity contribution in [2.24, 2.45) is 11.3 Å². The van der Waals surface area contributed by atoms with Crippen LogP contribution in [0.5, 0.6) is 0 Å². The van der Waals surface area contributed by atoms with Crippen molar-refractivity contribution in [2.75, 3.05) is 0 Å². The third-order valence-corrected chi connectivity index (χ3v) is 3.03. The fourth-order valence-corrected chi connectivity index (χ4v) is 1.77. The molecule has 0 aliphatic heterocycles. The molecule has 1 aliphatic rings. The standard InChI is InChI=1S/C14H26/c1-5-12(11-13-8-9-13)7-6-10-14(2,3)4/h7,13H,5-6,8-11H2,1-4H3. The third kappa shape index (κ3) is 5.47. The van der Waals surface area contributed by atoms with Crippen molar-refractivity contribution in [1.29, 1.82) is 0 Å². The molecule has 0 saturated heterocycles. The molecule has 0 unspecified atom stereocenters. The monoisotopic (exact) mass is 194 g/mol. The van der Waals surface area contributed by atoms with E-state index in [0.717, 1.165) is 5.92 Å². The van der Waals surface area contributed by atoms with E-state index in [0.29, 0.717) is 5.41 Å². The molecule has 0 amide bonds. The molecule has 0 aromatic rings. The van der Waals surface area contributed by atoms with Gasteiger partial charge in [0.05, 0.1) is 0 Å². The van der Waals surface area contributed by atoms with Gasteiger partial charge in [-0.3, -0.25) is 0 Å². The van der Waals surface area contributed by atoms with Crippen LogP contribution in [0.25, 0.3) is 0 Å². The minimum absolute atomic E-state index is 0.495. The molecule has 0 radical (unpaired) electrons. The quantitative estimate of drug-likeness (QED) is 0.543. The van der Waals surface area contributed by atoms with E-state index in [1.165, 1.54) is 38.5 Å². The summed E-state index contributed by atoms with van der Waals surface area (Å²) < 4.78 is 0. The average molecular weight is 194 g/mol. The van der Waals surface area contributed by atoms with E-state index >= 15 is 0 Å². The van der Waals surface area contributed by atoms with Crippen molar-refractivity contribution in [3.8, 4) is 0 Å². The van der Waals surface area contributed by atoms with Crippen LogP contribution in [-0.2, 0) is 0 Å². The molecule has 0 spiro atoms. The molecule has 0 heteroatoms. The zero-order valence-corrected chi connectivity index (χ0v) is 10.4. The molecular formula is C14H26. The summed E-state index contributed by atoms with van der Waals surface area (Å²) in [4.78, 5) is 0. The lowest BCUT2D eigenvalue weighted by Gasteiger charge is -2.16. The molecule has 0 nitrogen and oxygen atoms in total. The Hall–Kier alpha value is -0.260. The Morgan fingerprint density at radius 2 is 1.93 bits per heavy atom. The highest BCUT2D eigenvalue weighted by Gasteiger charge is 2.21. The summed E-state index contributed by atoms with van der Waals surface area (Å²) in [6, 6.07) is 0. The molecule has 1 aliphatic carbocycles.